The molecule has 2 N–H and O–H groups in total. The molecule has 1 atom stereocenters. The van der Waals surface area contributed by atoms with Gasteiger partial charge in [0.05, 0.1) is 0 Å². The van der Waals surface area contributed by atoms with E-state index in [0.29, 0.717) is 12.4 Å². The standard InChI is InChI=1S/C11H15N5O2/c1-8(16-5-3-4-6-16)10(17)13-11-12-9(7-18-2)14-15-11/h3-6,8H,7H2,1-2H3,(H2,12,13,14,15,17)/t8-/m0/s1. The lowest BCUT2D eigenvalue weighted by Crippen LogP contribution is -2.23. The highest BCUT2D eigenvalue weighted by Crippen LogP contribution is 2.09. The summed E-state index contributed by atoms with van der Waals surface area (Å²) >= 11 is 0. The quantitative estimate of drug-likeness (QED) is 0.826. The first kappa shape index (κ1) is 12.3. The van der Waals surface area contributed by atoms with Gasteiger partial charge in [0.1, 0.15) is 12.6 Å². The van der Waals surface area contributed by atoms with Gasteiger partial charge in [-0.1, -0.05) is 0 Å². The van der Waals surface area contributed by atoms with Gasteiger partial charge < -0.3 is 9.30 Å². The highest BCUT2D eigenvalue weighted by atomic mass is 16.5. The Balaban J connectivity index is 1.98. The summed E-state index contributed by atoms with van der Waals surface area (Å²) in [5, 5.41) is 9.20. The van der Waals surface area contributed by atoms with E-state index in [4.69, 9.17) is 4.74 Å². The van der Waals surface area contributed by atoms with Crippen LogP contribution in [0, 0.1) is 0 Å². The first-order chi connectivity index (χ1) is 8.70. The number of carbonyl (C=O) groups excluding carboxylic acids is 1. The summed E-state index contributed by atoms with van der Waals surface area (Å²) < 4.78 is 6.71. The fourth-order valence-electron chi connectivity index (χ4n) is 1.51. The van der Waals surface area contributed by atoms with Crippen molar-refractivity contribution in [2.45, 2.75) is 19.6 Å². The maximum atomic E-state index is 11.9. The number of aromatic nitrogens is 4. The molecular weight excluding hydrogens is 234 g/mol. The SMILES string of the molecule is COCc1nc(NC(=O)[C@H](C)n2cccc2)n[nH]1. The Morgan fingerprint density at radius 3 is 2.94 bits per heavy atom. The van der Waals surface area contributed by atoms with Gasteiger partial charge in [0.25, 0.3) is 0 Å². The van der Waals surface area contributed by atoms with Gasteiger partial charge in [-0.25, -0.2) is 0 Å². The summed E-state index contributed by atoms with van der Waals surface area (Å²) in [5.74, 6) is 0.654. The summed E-state index contributed by atoms with van der Waals surface area (Å²) in [4.78, 5) is 16.0. The van der Waals surface area contributed by atoms with E-state index < -0.39 is 0 Å². The second-order valence-corrected chi connectivity index (χ2v) is 3.83. The zero-order valence-corrected chi connectivity index (χ0v) is 10.3. The molecule has 2 aromatic heterocycles. The Morgan fingerprint density at radius 1 is 1.56 bits per heavy atom. The number of ether oxygens (including phenoxy) is 1. The van der Waals surface area contributed by atoms with Crippen molar-refractivity contribution in [3.05, 3.63) is 30.4 Å². The Morgan fingerprint density at radius 2 is 2.28 bits per heavy atom. The lowest BCUT2D eigenvalue weighted by molar-refractivity contribution is -0.118. The van der Waals surface area contributed by atoms with Crippen molar-refractivity contribution in [1.29, 1.82) is 0 Å². The van der Waals surface area contributed by atoms with Crippen LogP contribution in [-0.2, 0) is 16.1 Å². The largest absolute Gasteiger partial charge is 0.377 e. The molecule has 0 aromatic carbocycles. The minimum atomic E-state index is -0.315. The van der Waals surface area contributed by atoms with E-state index in [1.165, 1.54) is 0 Å². The zero-order valence-electron chi connectivity index (χ0n) is 10.3. The molecule has 0 spiro atoms. The molecule has 2 rings (SSSR count). The molecule has 0 fully saturated rings. The topological polar surface area (TPSA) is 84.8 Å². The van der Waals surface area contributed by atoms with Crippen molar-refractivity contribution < 1.29 is 9.53 Å². The third kappa shape index (κ3) is 2.75. The molecule has 0 saturated carbocycles. The predicted octanol–water partition coefficient (Wildman–Crippen LogP) is 0.952. The van der Waals surface area contributed by atoms with Crippen LogP contribution in [0.2, 0.25) is 0 Å². The Kier molecular flexibility index (Phi) is 3.73. The van der Waals surface area contributed by atoms with Crippen molar-refractivity contribution >= 4 is 11.9 Å². The van der Waals surface area contributed by atoms with Crippen molar-refractivity contribution in [2.75, 3.05) is 12.4 Å². The molecule has 2 aromatic rings. The number of aromatic amines is 1. The van der Waals surface area contributed by atoms with Crippen LogP contribution in [0.5, 0.6) is 0 Å². The number of hydrogen-bond acceptors (Lipinski definition) is 4. The first-order valence-electron chi connectivity index (χ1n) is 5.54. The van der Waals surface area contributed by atoms with Crippen molar-refractivity contribution in [3.63, 3.8) is 0 Å². The molecule has 18 heavy (non-hydrogen) atoms. The maximum Gasteiger partial charge on any atom is 0.249 e. The molecule has 0 aliphatic rings. The van der Waals surface area contributed by atoms with Gasteiger partial charge in [-0.15, -0.1) is 5.10 Å². The molecule has 7 heteroatoms. The fourth-order valence-corrected chi connectivity index (χ4v) is 1.51. The van der Waals surface area contributed by atoms with E-state index in [0.717, 1.165) is 0 Å². The van der Waals surface area contributed by atoms with Gasteiger partial charge in [0.15, 0.2) is 5.82 Å². The number of H-pyrrole nitrogens is 1. The first-order valence-corrected chi connectivity index (χ1v) is 5.54. The van der Waals surface area contributed by atoms with Crippen molar-refractivity contribution in [2.24, 2.45) is 0 Å². The highest BCUT2D eigenvalue weighted by Gasteiger charge is 2.15. The highest BCUT2D eigenvalue weighted by molar-refractivity contribution is 5.91. The van der Waals surface area contributed by atoms with Crippen LogP contribution in [0.15, 0.2) is 24.5 Å². The van der Waals surface area contributed by atoms with Crippen LogP contribution in [0.1, 0.15) is 18.8 Å². The van der Waals surface area contributed by atoms with Crippen LogP contribution in [0.3, 0.4) is 0 Å². The minimum Gasteiger partial charge on any atom is -0.377 e. The van der Waals surface area contributed by atoms with Gasteiger partial charge in [0, 0.05) is 19.5 Å². The molecule has 0 aliphatic carbocycles. The summed E-state index contributed by atoms with van der Waals surface area (Å²) in [6.45, 7) is 2.13. The molecule has 7 nitrogen and oxygen atoms in total. The second kappa shape index (κ2) is 5.46. The van der Waals surface area contributed by atoms with Gasteiger partial charge in [-0.3, -0.25) is 15.2 Å². The van der Waals surface area contributed by atoms with E-state index in [2.05, 4.69) is 20.5 Å². The van der Waals surface area contributed by atoms with Crippen LogP contribution in [0.25, 0.3) is 0 Å². The number of anilines is 1. The van der Waals surface area contributed by atoms with E-state index in [9.17, 15) is 4.79 Å². The number of rotatable bonds is 5. The van der Waals surface area contributed by atoms with Crippen LogP contribution >= 0.6 is 0 Å². The monoisotopic (exact) mass is 249 g/mol. The lowest BCUT2D eigenvalue weighted by atomic mass is 10.3. The zero-order chi connectivity index (χ0) is 13.0. The lowest BCUT2D eigenvalue weighted by Gasteiger charge is -2.11. The van der Waals surface area contributed by atoms with Crippen LogP contribution < -0.4 is 5.32 Å². The van der Waals surface area contributed by atoms with Crippen LogP contribution in [0.4, 0.5) is 5.95 Å². The number of methoxy groups -OCH3 is 1. The third-order valence-corrected chi connectivity index (χ3v) is 2.50. The average molecular weight is 249 g/mol. The number of amides is 1. The summed E-state index contributed by atoms with van der Waals surface area (Å²) in [5.41, 5.74) is 0. The third-order valence-electron chi connectivity index (χ3n) is 2.50. The molecule has 96 valence electrons. The number of nitrogens with one attached hydrogen (secondary N) is 2. The Hall–Kier alpha value is -2.15. The van der Waals surface area contributed by atoms with Gasteiger partial charge in [-0.2, -0.15) is 4.98 Å². The molecule has 0 bridgehead atoms. The van der Waals surface area contributed by atoms with Gasteiger partial charge in [0.2, 0.25) is 11.9 Å². The van der Waals surface area contributed by atoms with Crippen molar-refractivity contribution in [3.8, 4) is 0 Å². The smallest absolute Gasteiger partial charge is 0.249 e. The minimum absolute atomic E-state index is 0.172. The van der Waals surface area contributed by atoms with E-state index in [1.54, 1.807) is 18.6 Å². The van der Waals surface area contributed by atoms with E-state index >= 15 is 0 Å². The number of hydrogen-bond donors (Lipinski definition) is 2. The second-order valence-electron chi connectivity index (χ2n) is 3.83. The van der Waals surface area contributed by atoms with E-state index in [-0.39, 0.29) is 17.9 Å². The Labute approximate surface area is 104 Å². The van der Waals surface area contributed by atoms with Gasteiger partial charge >= 0.3 is 0 Å². The van der Waals surface area contributed by atoms with Crippen LogP contribution in [-0.4, -0.2) is 32.8 Å². The summed E-state index contributed by atoms with van der Waals surface area (Å²) in [6.07, 6.45) is 3.66. The number of nitrogens with zero attached hydrogens (tertiary/aromatic N) is 3. The molecular formula is C11H15N5O2. The normalized spacial score (nSPS) is 12.3. The predicted molar refractivity (Wildman–Crippen MR) is 64.9 cm³/mol. The maximum absolute atomic E-state index is 11.9. The summed E-state index contributed by atoms with van der Waals surface area (Å²) in [7, 11) is 1.56. The number of carbonyl (C=O) groups is 1. The van der Waals surface area contributed by atoms with E-state index in [1.807, 2.05) is 24.5 Å². The molecule has 0 saturated heterocycles. The molecule has 0 radical (unpaired) electrons. The molecule has 1 amide bonds. The molecule has 2 heterocycles. The average Bonchev–Trinajstić information content (AvgIpc) is 3.00. The van der Waals surface area contributed by atoms with Gasteiger partial charge in [-0.05, 0) is 19.1 Å². The summed E-state index contributed by atoms with van der Waals surface area (Å²) in [6, 6.07) is 3.42. The van der Waals surface area contributed by atoms with Crippen molar-refractivity contribution in [1.82, 2.24) is 19.7 Å². The Bertz CT molecular complexity index is 505. The molecule has 0 aliphatic heterocycles. The fraction of sp³-hybridized carbons (Fsp3) is 0.364. The molecule has 0 unspecified atom stereocenters.